The average Bonchev–Trinajstić information content (AvgIpc) is 2.44. The molecule has 0 saturated carbocycles. The molecule has 0 atom stereocenters. The van der Waals surface area contributed by atoms with Gasteiger partial charge in [-0.15, -0.1) is 0 Å². The molecular formula is C15H14Br2ClNO2. The van der Waals surface area contributed by atoms with E-state index in [9.17, 15) is 5.11 Å². The molecule has 2 N–H and O–H groups in total. The first-order valence-electron chi connectivity index (χ1n) is 6.35. The van der Waals surface area contributed by atoms with Crippen molar-refractivity contribution < 1.29 is 9.84 Å². The number of phenols is 1. The van der Waals surface area contributed by atoms with Crippen molar-refractivity contribution in [1.82, 2.24) is 0 Å². The molecule has 0 saturated heterocycles. The minimum atomic E-state index is 0.226. The van der Waals surface area contributed by atoms with Crippen LogP contribution in [-0.4, -0.2) is 11.7 Å². The van der Waals surface area contributed by atoms with Crippen molar-refractivity contribution in [2.24, 2.45) is 0 Å². The van der Waals surface area contributed by atoms with Crippen molar-refractivity contribution in [2.45, 2.75) is 13.5 Å². The molecule has 2 rings (SSSR count). The van der Waals surface area contributed by atoms with Crippen molar-refractivity contribution in [2.75, 3.05) is 11.9 Å². The summed E-state index contributed by atoms with van der Waals surface area (Å²) in [5, 5.41) is 13.9. The lowest BCUT2D eigenvalue weighted by Crippen LogP contribution is -2.04. The first kappa shape index (κ1) is 16.5. The molecule has 0 bridgehead atoms. The maximum Gasteiger partial charge on any atom is 0.156 e. The van der Waals surface area contributed by atoms with Crippen LogP contribution in [-0.2, 0) is 6.54 Å². The van der Waals surface area contributed by atoms with Gasteiger partial charge in [0.1, 0.15) is 5.75 Å². The number of phenolic OH excluding ortho intramolecular Hbond substituents is 1. The Labute approximate surface area is 145 Å². The summed E-state index contributed by atoms with van der Waals surface area (Å²) in [6.07, 6.45) is 0. The van der Waals surface area contributed by atoms with Crippen molar-refractivity contribution >= 4 is 49.1 Å². The van der Waals surface area contributed by atoms with E-state index in [4.69, 9.17) is 16.3 Å². The fourth-order valence-electron chi connectivity index (χ4n) is 1.88. The monoisotopic (exact) mass is 433 g/mol. The lowest BCUT2D eigenvalue weighted by molar-refractivity contribution is 0.339. The fraction of sp³-hybridized carbons (Fsp3) is 0.200. The SMILES string of the molecule is CCOc1c(Br)cc(Cl)cc1NCc1cccc(Br)c1O. The van der Waals surface area contributed by atoms with Crippen LogP contribution in [0.1, 0.15) is 12.5 Å². The average molecular weight is 436 g/mol. The number of halogens is 3. The summed E-state index contributed by atoms with van der Waals surface area (Å²) in [4.78, 5) is 0. The second kappa shape index (κ2) is 7.38. The molecule has 6 heteroatoms. The fourth-order valence-corrected chi connectivity index (χ4v) is 3.21. The largest absolute Gasteiger partial charge is 0.506 e. The summed E-state index contributed by atoms with van der Waals surface area (Å²) < 4.78 is 7.08. The standard InChI is InChI=1S/C15H14Br2ClNO2/c1-2-21-15-12(17)6-10(18)7-13(15)19-8-9-4-3-5-11(16)14(9)20/h3-7,19-20H,2,8H2,1H3. The first-order chi connectivity index (χ1) is 10.0. The molecule has 0 unspecified atom stereocenters. The van der Waals surface area contributed by atoms with Gasteiger partial charge in [-0.25, -0.2) is 0 Å². The highest BCUT2D eigenvalue weighted by atomic mass is 79.9. The molecule has 0 spiro atoms. The number of benzene rings is 2. The number of aromatic hydroxyl groups is 1. The Morgan fingerprint density at radius 1 is 1.24 bits per heavy atom. The topological polar surface area (TPSA) is 41.5 Å². The first-order valence-corrected chi connectivity index (χ1v) is 8.31. The Kier molecular flexibility index (Phi) is 5.79. The Morgan fingerprint density at radius 3 is 2.71 bits per heavy atom. The van der Waals surface area contributed by atoms with E-state index >= 15 is 0 Å². The molecule has 21 heavy (non-hydrogen) atoms. The van der Waals surface area contributed by atoms with Gasteiger partial charge in [-0.1, -0.05) is 23.7 Å². The highest BCUT2D eigenvalue weighted by Gasteiger charge is 2.11. The van der Waals surface area contributed by atoms with Crippen LogP contribution in [0.15, 0.2) is 39.3 Å². The zero-order valence-corrected chi connectivity index (χ0v) is 15.2. The quantitative estimate of drug-likeness (QED) is 0.644. The van der Waals surface area contributed by atoms with E-state index in [1.54, 1.807) is 18.2 Å². The predicted octanol–water partition coefficient (Wildman–Crippen LogP) is 5.58. The molecule has 3 nitrogen and oxygen atoms in total. The Hall–Kier alpha value is -0.910. The van der Waals surface area contributed by atoms with Gasteiger partial charge >= 0.3 is 0 Å². The van der Waals surface area contributed by atoms with Crippen LogP contribution in [0.5, 0.6) is 11.5 Å². The maximum absolute atomic E-state index is 10.0. The van der Waals surface area contributed by atoms with E-state index in [2.05, 4.69) is 37.2 Å². The second-order valence-corrected chi connectivity index (χ2v) is 6.44. The van der Waals surface area contributed by atoms with Crippen LogP contribution < -0.4 is 10.1 Å². The van der Waals surface area contributed by atoms with Gasteiger partial charge < -0.3 is 15.2 Å². The highest BCUT2D eigenvalue weighted by Crippen LogP contribution is 2.37. The van der Waals surface area contributed by atoms with Gasteiger partial charge in [0.2, 0.25) is 0 Å². The van der Waals surface area contributed by atoms with E-state index in [0.29, 0.717) is 28.4 Å². The molecule has 2 aromatic carbocycles. The summed E-state index contributed by atoms with van der Waals surface area (Å²) in [7, 11) is 0. The van der Waals surface area contributed by atoms with Crippen LogP contribution >= 0.6 is 43.5 Å². The minimum absolute atomic E-state index is 0.226. The number of rotatable bonds is 5. The van der Waals surface area contributed by atoms with Crippen molar-refractivity contribution in [3.63, 3.8) is 0 Å². The normalized spacial score (nSPS) is 10.5. The molecule has 0 aliphatic rings. The minimum Gasteiger partial charge on any atom is -0.506 e. The number of hydrogen-bond acceptors (Lipinski definition) is 3. The van der Waals surface area contributed by atoms with Crippen molar-refractivity contribution in [3.8, 4) is 11.5 Å². The summed E-state index contributed by atoms with van der Waals surface area (Å²) >= 11 is 12.8. The third-order valence-electron chi connectivity index (χ3n) is 2.84. The van der Waals surface area contributed by atoms with E-state index in [1.807, 2.05) is 19.1 Å². The second-order valence-electron chi connectivity index (χ2n) is 4.30. The van der Waals surface area contributed by atoms with E-state index in [-0.39, 0.29) is 5.75 Å². The number of anilines is 1. The molecule has 0 radical (unpaired) electrons. The van der Waals surface area contributed by atoms with Crippen molar-refractivity contribution in [3.05, 3.63) is 49.9 Å². The molecule has 0 aliphatic carbocycles. The summed E-state index contributed by atoms with van der Waals surface area (Å²) in [5.41, 5.74) is 1.55. The zero-order chi connectivity index (χ0) is 15.4. The van der Waals surface area contributed by atoms with Crippen LogP contribution in [0.3, 0.4) is 0 Å². The molecule has 0 aliphatic heterocycles. The van der Waals surface area contributed by atoms with Crippen LogP contribution in [0.25, 0.3) is 0 Å². The van der Waals surface area contributed by atoms with Gasteiger partial charge in [-0.3, -0.25) is 0 Å². The molecular weight excluding hydrogens is 421 g/mol. The van der Waals surface area contributed by atoms with Crippen LogP contribution in [0, 0.1) is 0 Å². The smallest absolute Gasteiger partial charge is 0.156 e. The Bertz CT molecular complexity index is 650. The Balaban J connectivity index is 2.25. The van der Waals surface area contributed by atoms with Crippen LogP contribution in [0.4, 0.5) is 5.69 Å². The highest BCUT2D eigenvalue weighted by molar-refractivity contribution is 9.10. The third-order valence-corrected chi connectivity index (χ3v) is 4.28. The van der Waals surface area contributed by atoms with Gasteiger partial charge in [0.05, 0.1) is 21.2 Å². The lowest BCUT2D eigenvalue weighted by Gasteiger charge is -2.15. The summed E-state index contributed by atoms with van der Waals surface area (Å²) in [6.45, 7) is 2.93. The summed E-state index contributed by atoms with van der Waals surface area (Å²) in [5.74, 6) is 0.931. The Morgan fingerprint density at radius 2 is 2.00 bits per heavy atom. The maximum atomic E-state index is 10.0. The van der Waals surface area contributed by atoms with Gasteiger partial charge in [0.25, 0.3) is 0 Å². The molecule has 0 heterocycles. The lowest BCUT2D eigenvalue weighted by atomic mass is 10.2. The number of nitrogens with one attached hydrogen (secondary N) is 1. The molecule has 112 valence electrons. The number of hydrogen-bond donors (Lipinski definition) is 2. The molecule has 0 fully saturated rings. The zero-order valence-electron chi connectivity index (χ0n) is 11.3. The molecule has 0 amide bonds. The third kappa shape index (κ3) is 4.05. The van der Waals surface area contributed by atoms with Crippen LogP contribution in [0.2, 0.25) is 5.02 Å². The van der Waals surface area contributed by atoms with Gasteiger partial charge in [-0.2, -0.15) is 0 Å². The van der Waals surface area contributed by atoms with E-state index in [1.165, 1.54) is 0 Å². The van der Waals surface area contributed by atoms with E-state index in [0.717, 1.165) is 15.7 Å². The number of ether oxygens (including phenoxy) is 1. The summed E-state index contributed by atoms with van der Waals surface area (Å²) in [6, 6.07) is 9.10. The van der Waals surface area contributed by atoms with Gasteiger partial charge in [0, 0.05) is 17.1 Å². The molecule has 0 aromatic heterocycles. The van der Waals surface area contributed by atoms with E-state index < -0.39 is 0 Å². The van der Waals surface area contributed by atoms with Gasteiger partial charge in [0.15, 0.2) is 5.75 Å². The van der Waals surface area contributed by atoms with Gasteiger partial charge in [-0.05, 0) is 57.0 Å². The predicted molar refractivity (Wildman–Crippen MR) is 93.5 cm³/mol. The van der Waals surface area contributed by atoms with Crippen molar-refractivity contribution in [1.29, 1.82) is 0 Å². The number of para-hydroxylation sites is 1. The molecule has 2 aromatic rings.